The van der Waals surface area contributed by atoms with Crippen LogP contribution in [0.15, 0.2) is 30.5 Å². The lowest BCUT2D eigenvalue weighted by Gasteiger charge is -2.26. The number of fused-ring (bicyclic) bond motifs is 1. The van der Waals surface area contributed by atoms with Crippen LogP contribution < -0.4 is 26.7 Å². The normalized spacial score (nSPS) is 15.4. The molecule has 1 aromatic heterocycles. The highest BCUT2D eigenvalue weighted by Crippen LogP contribution is 2.16. The fourth-order valence-corrected chi connectivity index (χ4v) is 2.87. The number of hydroxylamine groups is 1. The number of hydrogen-bond acceptors (Lipinski definition) is 10. The van der Waals surface area contributed by atoms with Gasteiger partial charge in [-0.1, -0.05) is 0 Å². The minimum Gasteiger partial charge on any atom is -0.481 e. The molecule has 2 unspecified atom stereocenters. The average Bonchev–Trinajstić information content (AvgIpc) is 2.77. The van der Waals surface area contributed by atoms with Gasteiger partial charge >= 0.3 is 11.9 Å². The Morgan fingerprint density at radius 2 is 1.91 bits per heavy atom. The predicted octanol–water partition coefficient (Wildman–Crippen LogP) is -0.664. The molecule has 0 saturated heterocycles. The van der Waals surface area contributed by atoms with Crippen molar-refractivity contribution in [2.24, 2.45) is 0 Å². The molecule has 2 heterocycles. The van der Waals surface area contributed by atoms with Crippen molar-refractivity contribution in [2.45, 2.75) is 25.3 Å². The summed E-state index contributed by atoms with van der Waals surface area (Å²) in [5.74, 6) is -3.62. The number of carbonyl (C=O) groups is 4. The van der Waals surface area contributed by atoms with Crippen molar-refractivity contribution in [3.05, 3.63) is 47.4 Å². The van der Waals surface area contributed by atoms with Gasteiger partial charge in [-0.15, -0.1) is 0 Å². The zero-order valence-corrected chi connectivity index (χ0v) is 17.3. The monoisotopic (exact) mass is 459 g/mol. The Morgan fingerprint density at radius 3 is 2.55 bits per heavy atom. The van der Waals surface area contributed by atoms with Gasteiger partial charge in [-0.05, 0) is 24.3 Å². The molecule has 2 amide bonds. The molecule has 0 radical (unpaired) electrons. The van der Waals surface area contributed by atoms with Gasteiger partial charge in [-0.25, -0.2) is 14.8 Å². The van der Waals surface area contributed by atoms with E-state index in [1.165, 1.54) is 25.4 Å². The van der Waals surface area contributed by atoms with Crippen molar-refractivity contribution in [1.82, 2.24) is 26.1 Å². The van der Waals surface area contributed by atoms with Gasteiger partial charge in [0.25, 0.3) is 11.8 Å². The molecule has 3 rings (SSSR count). The number of amides is 2. The number of carboxylic acid groups (broad SMARTS) is 2. The third-order valence-corrected chi connectivity index (χ3v) is 4.43. The van der Waals surface area contributed by atoms with Crippen molar-refractivity contribution in [1.29, 1.82) is 0 Å². The van der Waals surface area contributed by atoms with E-state index >= 15 is 0 Å². The minimum atomic E-state index is -1.54. The molecule has 1 aliphatic heterocycles. The van der Waals surface area contributed by atoms with E-state index in [2.05, 4.69) is 36.7 Å². The lowest BCUT2D eigenvalue weighted by molar-refractivity contribution is -0.145. The van der Waals surface area contributed by atoms with Crippen molar-refractivity contribution in [3.8, 4) is 0 Å². The molecule has 0 saturated carbocycles. The summed E-state index contributed by atoms with van der Waals surface area (Å²) < 4.78 is 0. The smallest absolute Gasteiger partial charge is 0.326 e. The van der Waals surface area contributed by atoms with E-state index in [1.54, 1.807) is 12.1 Å². The minimum absolute atomic E-state index is 0.129. The molecule has 0 fully saturated rings. The number of aromatic nitrogens is 2. The van der Waals surface area contributed by atoms with Gasteiger partial charge in [-0.3, -0.25) is 14.4 Å². The Hall–Kier alpha value is -4.30. The molecular formula is C19H21N7O7. The largest absolute Gasteiger partial charge is 0.481 e. The molecule has 7 N–H and O–H groups in total. The van der Waals surface area contributed by atoms with Crippen molar-refractivity contribution in [2.75, 3.05) is 17.7 Å². The Kier molecular flexibility index (Phi) is 7.32. The van der Waals surface area contributed by atoms with Gasteiger partial charge in [0.15, 0.2) is 17.8 Å². The fourth-order valence-electron chi connectivity index (χ4n) is 2.87. The first-order valence-electron chi connectivity index (χ1n) is 9.58. The molecule has 14 nitrogen and oxygen atoms in total. The second-order valence-electron chi connectivity index (χ2n) is 6.82. The number of rotatable bonds is 10. The van der Waals surface area contributed by atoms with Gasteiger partial charge in [-0.2, -0.15) is 5.48 Å². The van der Waals surface area contributed by atoms with Gasteiger partial charge in [0.05, 0.1) is 32.0 Å². The van der Waals surface area contributed by atoms with Crippen LogP contribution in [0.3, 0.4) is 0 Å². The Bertz CT molecular complexity index is 1060. The van der Waals surface area contributed by atoms with E-state index in [0.29, 0.717) is 17.2 Å². The third kappa shape index (κ3) is 6.11. The van der Waals surface area contributed by atoms with Crippen LogP contribution >= 0.6 is 0 Å². The molecule has 1 aliphatic rings. The molecular weight excluding hydrogens is 438 g/mol. The molecule has 0 aliphatic carbocycles. The molecule has 33 heavy (non-hydrogen) atoms. The summed E-state index contributed by atoms with van der Waals surface area (Å²) >= 11 is 0. The zero-order valence-electron chi connectivity index (χ0n) is 17.3. The summed E-state index contributed by atoms with van der Waals surface area (Å²) in [6.45, 7) is 0.235. The maximum absolute atomic E-state index is 12.2. The summed E-state index contributed by atoms with van der Waals surface area (Å²) in [4.78, 5) is 59.5. The van der Waals surface area contributed by atoms with Crippen LogP contribution in [-0.4, -0.2) is 63.4 Å². The first-order valence-corrected chi connectivity index (χ1v) is 9.58. The number of nitrogens with zero attached hydrogens (tertiary/aromatic N) is 2. The second kappa shape index (κ2) is 10.3. The zero-order chi connectivity index (χ0) is 24.0. The molecule has 2 atom stereocenters. The lowest BCUT2D eigenvalue weighted by Crippen LogP contribution is -2.53. The van der Waals surface area contributed by atoms with Gasteiger partial charge in [0.1, 0.15) is 6.04 Å². The maximum Gasteiger partial charge on any atom is 0.326 e. The summed E-state index contributed by atoms with van der Waals surface area (Å²) in [6, 6.07) is 4.54. The van der Waals surface area contributed by atoms with Gasteiger partial charge in [0.2, 0.25) is 0 Å². The van der Waals surface area contributed by atoms with E-state index in [9.17, 15) is 19.2 Å². The molecule has 0 spiro atoms. The first kappa shape index (κ1) is 23.4. The fraction of sp³-hybridized carbons (Fsp3) is 0.263. The third-order valence-electron chi connectivity index (χ3n) is 4.43. The molecule has 14 heteroatoms. The molecule has 174 valence electrons. The summed E-state index contributed by atoms with van der Waals surface area (Å²) in [5, 5.41) is 28.5. The maximum atomic E-state index is 12.2. The van der Waals surface area contributed by atoms with E-state index in [4.69, 9.17) is 15.1 Å². The van der Waals surface area contributed by atoms with Crippen molar-refractivity contribution < 1.29 is 34.2 Å². The highest BCUT2D eigenvalue weighted by Gasteiger charge is 2.26. The SMILES string of the molecule is CONC1NC(=O)c2nc(CNc3ccc(C(=O)NC(CC(=O)O)C(=O)O)cc3)cnc2N1. The summed E-state index contributed by atoms with van der Waals surface area (Å²) in [7, 11) is 1.41. The predicted molar refractivity (Wildman–Crippen MR) is 112 cm³/mol. The molecule has 2 aromatic rings. The molecule has 1 aromatic carbocycles. The molecule has 0 bridgehead atoms. The Morgan fingerprint density at radius 1 is 1.18 bits per heavy atom. The Balaban J connectivity index is 1.59. The highest BCUT2D eigenvalue weighted by molar-refractivity contribution is 5.99. The van der Waals surface area contributed by atoms with E-state index in [0.717, 1.165) is 0 Å². The number of carbonyl (C=O) groups excluding carboxylic acids is 2. The van der Waals surface area contributed by atoms with Crippen LogP contribution in [0.5, 0.6) is 0 Å². The van der Waals surface area contributed by atoms with Crippen molar-refractivity contribution >= 4 is 35.3 Å². The average molecular weight is 459 g/mol. The summed E-state index contributed by atoms with van der Waals surface area (Å²) in [6.07, 6.45) is 0.121. The number of hydrogen-bond donors (Lipinski definition) is 7. The standard InChI is InChI=1S/C19H21N7O7/c1-33-26-19-24-15-14(17(30)25-19)22-11(8-21-15)7-20-10-4-2-9(3-5-10)16(29)23-12(18(31)32)6-13(27)28/h2-5,8,12,19-20,26H,6-7H2,1H3,(H,21,24)(H,23,29)(H,25,30)(H,27,28)(H,31,32). The van der Waals surface area contributed by atoms with Crippen molar-refractivity contribution in [3.63, 3.8) is 0 Å². The number of nitrogens with one attached hydrogen (secondary N) is 5. The number of carboxylic acids is 2. The highest BCUT2D eigenvalue weighted by atomic mass is 16.6. The van der Waals surface area contributed by atoms with E-state index in [-0.39, 0.29) is 17.8 Å². The first-order chi connectivity index (χ1) is 15.8. The summed E-state index contributed by atoms with van der Waals surface area (Å²) in [5.41, 5.74) is 3.95. The van der Waals surface area contributed by atoms with Crippen LogP contribution in [-0.2, 0) is 21.0 Å². The van der Waals surface area contributed by atoms with Crippen LogP contribution in [0.25, 0.3) is 0 Å². The topological polar surface area (TPSA) is 204 Å². The Labute approximate surface area is 186 Å². The van der Waals surface area contributed by atoms with Gasteiger partial charge in [0, 0.05) is 11.3 Å². The van der Waals surface area contributed by atoms with Crippen LogP contribution in [0.1, 0.15) is 33.0 Å². The number of benzene rings is 1. The van der Waals surface area contributed by atoms with E-state index < -0.39 is 42.5 Å². The number of anilines is 2. The van der Waals surface area contributed by atoms with Crippen LogP contribution in [0.2, 0.25) is 0 Å². The number of aliphatic carboxylic acids is 2. The van der Waals surface area contributed by atoms with Crippen LogP contribution in [0, 0.1) is 0 Å². The van der Waals surface area contributed by atoms with Crippen LogP contribution in [0.4, 0.5) is 11.5 Å². The quantitative estimate of drug-likeness (QED) is 0.221. The lowest BCUT2D eigenvalue weighted by atomic mass is 10.1. The van der Waals surface area contributed by atoms with E-state index in [1.807, 2.05) is 0 Å². The van der Waals surface area contributed by atoms with Gasteiger partial charge < -0.3 is 36.3 Å². The second-order valence-corrected chi connectivity index (χ2v) is 6.82.